The second-order valence-electron chi connectivity index (χ2n) is 9.56. The molecule has 0 unspecified atom stereocenters. The quantitative estimate of drug-likeness (QED) is 0.258. The molecule has 3 aliphatic carbocycles. The molecule has 37 heavy (non-hydrogen) atoms. The summed E-state index contributed by atoms with van der Waals surface area (Å²) >= 11 is 0. The minimum absolute atomic E-state index is 0. The van der Waals surface area contributed by atoms with Crippen LogP contribution in [0.25, 0.3) is 0 Å². The molecule has 0 aliphatic heterocycles. The van der Waals surface area contributed by atoms with Crippen molar-refractivity contribution in [1.82, 2.24) is 0 Å². The van der Waals surface area contributed by atoms with Crippen molar-refractivity contribution in [2.24, 2.45) is 35.5 Å². The number of carboxylic acids is 6. The third-order valence-corrected chi connectivity index (χ3v) is 7.18. The molecule has 0 bridgehead atoms. The second-order valence-corrected chi connectivity index (χ2v) is 9.56. The fraction of sp³-hybridized carbons (Fsp3) is 0.750. The summed E-state index contributed by atoms with van der Waals surface area (Å²) in [6, 6.07) is 0. The van der Waals surface area contributed by atoms with Crippen molar-refractivity contribution in [3.05, 3.63) is 0 Å². The number of carbonyl (C=O) groups is 6. The van der Waals surface area contributed by atoms with Gasteiger partial charge in [-0.05, 0) is 113 Å². The fourth-order valence-electron chi connectivity index (χ4n) is 4.69. The molecule has 3 fully saturated rings. The van der Waals surface area contributed by atoms with Gasteiger partial charge in [-0.1, -0.05) is 0 Å². The summed E-state index contributed by atoms with van der Waals surface area (Å²) in [7, 11) is 0. The van der Waals surface area contributed by atoms with Gasteiger partial charge in [0.05, 0.1) is 0 Å². The molecule has 0 spiro atoms. The summed E-state index contributed by atoms with van der Waals surface area (Å²) in [6.07, 6.45) is 4.85. The first-order valence-corrected chi connectivity index (χ1v) is 12.1. The Morgan fingerprint density at radius 3 is 0.432 bits per heavy atom. The maximum atomic E-state index is 10.4. The van der Waals surface area contributed by atoms with Crippen molar-refractivity contribution in [2.45, 2.75) is 77.0 Å². The van der Waals surface area contributed by atoms with Crippen LogP contribution < -0.4 is 30.6 Å². The van der Waals surface area contributed by atoms with Crippen LogP contribution in [-0.4, -0.2) is 35.8 Å². The van der Waals surface area contributed by atoms with E-state index in [1.165, 1.54) is 0 Å². The Morgan fingerprint density at radius 2 is 0.378 bits per heavy atom. The van der Waals surface area contributed by atoms with E-state index < -0.39 is 71.3 Å². The number of aliphatic carboxylic acids is 6. The van der Waals surface area contributed by atoms with Crippen LogP contribution in [0.2, 0.25) is 0 Å². The largest absolute Gasteiger partial charge is 6.00 e. The van der Waals surface area contributed by atoms with E-state index in [2.05, 4.69) is 0 Å². The monoisotopic (exact) mass is 608 g/mol. The second kappa shape index (κ2) is 17.1. The fourth-order valence-corrected chi connectivity index (χ4v) is 4.69. The molecule has 3 saturated carbocycles. The van der Waals surface area contributed by atoms with Crippen LogP contribution in [0.15, 0.2) is 0 Å². The van der Waals surface area contributed by atoms with Gasteiger partial charge in [0.25, 0.3) is 0 Å². The Morgan fingerprint density at radius 1 is 0.297 bits per heavy atom. The maximum Gasteiger partial charge on any atom is 6.00 e. The zero-order valence-corrected chi connectivity index (χ0v) is 22.3. The van der Waals surface area contributed by atoms with Crippen LogP contribution in [0, 0.1) is 35.5 Å². The SMILES string of the molecule is O=C([O-])[C@H]1CC[C@H](C(=O)[O-])CC1.O=C([O-])[C@H]1CC[C@H](C(=O)[O-])CC1.O=C([O-])[C@H]1CC[C@H](C(=O)[O-])CC1.[Mo+6]. The van der Waals surface area contributed by atoms with Crippen LogP contribution in [0.1, 0.15) is 77.0 Å². The molecular formula is C24H30MoO12. The van der Waals surface area contributed by atoms with E-state index in [0.29, 0.717) is 77.0 Å². The molecule has 0 saturated heterocycles. The number of rotatable bonds is 6. The standard InChI is InChI=1S/3C8H12O4.Mo/c3*9-7(10)5-1-2-6(4-3-5)8(11)12;/h3*5-6H,1-4H2,(H,9,10)(H,11,12);/q;;;+6/p-6/t3*5-,6-;. The summed E-state index contributed by atoms with van der Waals surface area (Å²) in [6.45, 7) is 0. The Hall–Kier alpha value is -2.49. The van der Waals surface area contributed by atoms with Gasteiger partial charge in [-0.2, -0.15) is 0 Å². The average molecular weight is 606 g/mol. The Balaban J connectivity index is 0.000000518. The summed E-state index contributed by atoms with van der Waals surface area (Å²) in [4.78, 5) is 62.1. The predicted molar refractivity (Wildman–Crippen MR) is 106 cm³/mol. The van der Waals surface area contributed by atoms with Gasteiger partial charge in [-0.3, -0.25) is 0 Å². The van der Waals surface area contributed by atoms with E-state index in [9.17, 15) is 59.4 Å². The van der Waals surface area contributed by atoms with Crippen molar-refractivity contribution in [3.63, 3.8) is 0 Å². The van der Waals surface area contributed by atoms with Crippen molar-refractivity contribution in [2.75, 3.05) is 0 Å². The third kappa shape index (κ3) is 12.5. The number of carbonyl (C=O) groups excluding carboxylic acids is 6. The first-order valence-electron chi connectivity index (χ1n) is 12.1. The minimum Gasteiger partial charge on any atom is -0.550 e. The molecular weight excluding hydrogens is 576 g/mol. The van der Waals surface area contributed by atoms with Gasteiger partial charge in [-0.25, -0.2) is 0 Å². The topological polar surface area (TPSA) is 241 Å². The van der Waals surface area contributed by atoms with Crippen LogP contribution in [0.3, 0.4) is 0 Å². The summed E-state index contributed by atoms with van der Waals surface area (Å²) in [5.41, 5.74) is 0. The number of hydrogen-bond donors (Lipinski definition) is 0. The Bertz CT molecular complexity index is 619. The van der Waals surface area contributed by atoms with Crippen molar-refractivity contribution < 1.29 is 80.5 Å². The predicted octanol–water partition coefficient (Wildman–Crippen LogP) is -5.12. The van der Waals surface area contributed by atoms with Crippen LogP contribution in [0.5, 0.6) is 0 Å². The molecule has 0 aromatic rings. The van der Waals surface area contributed by atoms with Crippen LogP contribution in [0.4, 0.5) is 0 Å². The van der Waals surface area contributed by atoms with E-state index in [1.54, 1.807) is 0 Å². The summed E-state index contributed by atoms with van der Waals surface area (Å²) in [5.74, 6) is -9.13. The van der Waals surface area contributed by atoms with E-state index >= 15 is 0 Å². The number of hydrogen-bond acceptors (Lipinski definition) is 12. The van der Waals surface area contributed by atoms with Crippen molar-refractivity contribution in [1.29, 1.82) is 0 Å². The normalized spacial score (nSPS) is 28.9. The molecule has 0 aromatic carbocycles. The zero-order valence-electron chi connectivity index (χ0n) is 20.3. The molecule has 0 radical (unpaired) electrons. The smallest absolute Gasteiger partial charge is 0.550 e. The van der Waals surface area contributed by atoms with Gasteiger partial charge >= 0.3 is 21.1 Å². The molecule has 13 heteroatoms. The molecule has 0 heterocycles. The summed E-state index contributed by atoms with van der Waals surface area (Å²) < 4.78 is 0. The van der Waals surface area contributed by atoms with Crippen molar-refractivity contribution in [3.8, 4) is 0 Å². The molecule has 204 valence electrons. The van der Waals surface area contributed by atoms with Gasteiger partial charge in [0.2, 0.25) is 0 Å². The van der Waals surface area contributed by atoms with Gasteiger partial charge in [0.1, 0.15) is 0 Å². The van der Waals surface area contributed by atoms with Gasteiger partial charge in [-0.15, -0.1) is 0 Å². The molecule has 0 amide bonds. The molecule has 0 N–H and O–H groups in total. The average Bonchev–Trinajstić information content (AvgIpc) is 2.84. The molecule has 0 aromatic heterocycles. The maximum absolute atomic E-state index is 10.4. The van der Waals surface area contributed by atoms with Gasteiger partial charge in [0, 0.05) is 35.8 Å². The van der Waals surface area contributed by atoms with E-state index in [4.69, 9.17) is 0 Å². The molecule has 3 aliphatic rings. The minimum atomic E-state index is -1.06. The molecule has 12 nitrogen and oxygen atoms in total. The van der Waals surface area contributed by atoms with Gasteiger partial charge in [0.15, 0.2) is 0 Å². The van der Waals surface area contributed by atoms with Crippen molar-refractivity contribution >= 4 is 35.8 Å². The molecule has 3 rings (SSSR count). The Kier molecular flexibility index (Phi) is 15.9. The van der Waals surface area contributed by atoms with Crippen LogP contribution >= 0.6 is 0 Å². The van der Waals surface area contributed by atoms with E-state index in [0.717, 1.165) is 0 Å². The molecule has 0 atom stereocenters. The van der Waals surface area contributed by atoms with Gasteiger partial charge < -0.3 is 59.4 Å². The van der Waals surface area contributed by atoms with Crippen LogP contribution in [-0.2, 0) is 49.8 Å². The Labute approximate surface area is 228 Å². The first-order chi connectivity index (χ1) is 16.8. The summed E-state index contributed by atoms with van der Waals surface area (Å²) in [5, 5.41) is 62.1. The number of carboxylic acid groups (broad SMARTS) is 6. The third-order valence-electron chi connectivity index (χ3n) is 7.18. The van der Waals surface area contributed by atoms with E-state index in [-0.39, 0.29) is 21.1 Å². The van der Waals surface area contributed by atoms with E-state index in [1.807, 2.05) is 0 Å². The zero-order chi connectivity index (χ0) is 27.4. The first kappa shape index (κ1) is 34.5.